The van der Waals surface area contributed by atoms with Crippen LogP contribution in [0.4, 0.5) is 8.78 Å². The summed E-state index contributed by atoms with van der Waals surface area (Å²) in [6.45, 7) is 3.05. The third-order valence-electron chi connectivity index (χ3n) is 3.42. The molecule has 18 heavy (non-hydrogen) atoms. The van der Waals surface area contributed by atoms with Crippen molar-refractivity contribution >= 4 is 5.91 Å². The molecule has 0 bridgehead atoms. The molecule has 1 amide bonds. The van der Waals surface area contributed by atoms with Crippen LogP contribution in [0.5, 0.6) is 0 Å². The van der Waals surface area contributed by atoms with Gasteiger partial charge in [-0.2, -0.15) is 0 Å². The number of hydrogen-bond donors (Lipinski definition) is 1. The number of nitrogens with zero attached hydrogens (tertiary/aromatic N) is 1. The molecular formula is C13H16F2N2O. The lowest BCUT2D eigenvalue weighted by Crippen LogP contribution is -2.34. The first kappa shape index (κ1) is 13.0. The zero-order valence-electron chi connectivity index (χ0n) is 10.2. The molecule has 98 valence electrons. The Morgan fingerprint density at radius 2 is 2.17 bits per heavy atom. The third-order valence-corrected chi connectivity index (χ3v) is 3.42. The van der Waals surface area contributed by atoms with E-state index in [2.05, 4.69) is 0 Å². The molecular weight excluding hydrogens is 238 g/mol. The molecule has 0 radical (unpaired) electrons. The van der Waals surface area contributed by atoms with Crippen LogP contribution in [-0.4, -0.2) is 29.9 Å². The van der Waals surface area contributed by atoms with Crippen molar-refractivity contribution in [3.8, 4) is 0 Å². The van der Waals surface area contributed by atoms with Gasteiger partial charge in [0.15, 0.2) is 11.6 Å². The fourth-order valence-corrected chi connectivity index (χ4v) is 2.39. The minimum absolute atomic E-state index is 0.0826. The number of nitrogens with two attached hydrogens (primary N) is 1. The molecule has 0 aromatic heterocycles. The number of likely N-dealkylation sites (tertiary alicyclic amines) is 1. The molecule has 1 fully saturated rings. The van der Waals surface area contributed by atoms with Gasteiger partial charge >= 0.3 is 0 Å². The minimum atomic E-state index is -0.997. The van der Waals surface area contributed by atoms with Gasteiger partial charge in [-0.05, 0) is 44.0 Å². The first-order chi connectivity index (χ1) is 8.52. The molecule has 2 N–H and O–H groups in total. The quantitative estimate of drug-likeness (QED) is 0.874. The first-order valence-electron chi connectivity index (χ1n) is 5.99. The van der Waals surface area contributed by atoms with Crippen molar-refractivity contribution < 1.29 is 13.6 Å². The summed E-state index contributed by atoms with van der Waals surface area (Å²) < 4.78 is 25.9. The minimum Gasteiger partial charge on any atom is -0.336 e. The molecule has 2 atom stereocenters. The lowest BCUT2D eigenvalue weighted by molar-refractivity contribution is 0.0743. The van der Waals surface area contributed by atoms with E-state index in [0.717, 1.165) is 18.6 Å². The van der Waals surface area contributed by atoms with Crippen LogP contribution in [0, 0.1) is 17.6 Å². The van der Waals surface area contributed by atoms with Crippen molar-refractivity contribution in [3.63, 3.8) is 0 Å². The largest absolute Gasteiger partial charge is 0.336 e. The van der Waals surface area contributed by atoms with E-state index < -0.39 is 11.6 Å². The van der Waals surface area contributed by atoms with Gasteiger partial charge in [-0.15, -0.1) is 0 Å². The van der Waals surface area contributed by atoms with Gasteiger partial charge in [-0.3, -0.25) is 4.79 Å². The Hall–Kier alpha value is -1.49. The van der Waals surface area contributed by atoms with Crippen LogP contribution >= 0.6 is 0 Å². The van der Waals surface area contributed by atoms with Crippen LogP contribution in [0.1, 0.15) is 23.7 Å². The Morgan fingerprint density at radius 3 is 2.72 bits per heavy atom. The van der Waals surface area contributed by atoms with Crippen LogP contribution in [0.25, 0.3) is 0 Å². The number of carbonyl (C=O) groups excluding carboxylic acids is 1. The summed E-state index contributed by atoms with van der Waals surface area (Å²) in [5, 5.41) is 0. The van der Waals surface area contributed by atoms with Crippen LogP contribution < -0.4 is 5.73 Å². The fourth-order valence-electron chi connectivity index (χ4n) is 2.39. The van der Waals surface area contributed by atoms with Crippen molar-refractivity contribution in [2.24, 2.45) is 11.7 Å². The van der Waals surface area contributed by atoms with Crippen molar-refractivity contribution in [3.05, 3.63) is 35.4 Å². The van der Waals surface area contributed by atoms with E-state index in [-0.39, 0.29) is 23.4 Å². The zero-order chi connectivity index (χ0) is 13.3. The molecule has 0 aliphatic carbocycles. The maximum Gasteiger partial charge on any atom is 0.254 e. The molecule has 0 spiro atoms. The van der Waals surface area contributed by atoms with Crippen molar-refractivity contribution in [1.29, 1.82) is 0 Å². The molecule has 2 rings (SSSR count). The summed E-state index contributed by atoms with van der Waals surface area (Å²) in [6.07, 6.45) is 0.853. The predicted molar refractivity (Wildman–Crippen MR) is 64.0 cm³/mol. The Morgan fingerprint density at radius 1 is 1.44 bits per heavy atom. The van der Waals surface area contributed by atoms with Gasteiger partial charge in [0.05, 0.1) is 0 Å². The maximum atomic E-state index is 13.1. The van der Waals surface area contributed by atoms with Crippen LogP contribution in [-0.2, 0) is 0 Å². The van der Waals surface area contributed by atoms with E-state index in [9.17, 15) is 13.6 Å². The highest BCUT2D eigenvalue weighted by atomic mass is 19.2. The average molecular weight is 254 g/mol. The lowest BCUT2D eigenvalue weighted by atomic mass is 10.1. The molecule has 0 saturated carbocycles. The van der Waals surface area contributed by atoms with E-state index in [1.807, 2.05) is 6.92 Å². The summed E-state index contributed by atoms with van der Waals surface area (Å²) >= 11 is 0. The molecule has 5 heteroatoms. The number of rotatable bonds is 2. The summed E-state index contributed by atoms with van der Waals surface area (Å²) in [5.74, 6) is -1.92. The second-order valence-electron chi connectivity index (χ2n) is 4.77. The fraction of sp³-hybridized carbons (Fsp3) is 0.462. The SMILES string of the molecule is CC1CC(CN)CN1C(=O)c1ccc(F)c(F)c1. The number of carbonyl (C=O) groups is 1. The number of hydrogen-bond acceptors (Lipinski definition) is 2. The number of halogens is 2. The molecule has 1 heterocycles. The summed E-state index contributed by atoms with van der Waals surface area (Å²) in [6, 6.07) is 3.31. The van der Waals surface area contributed by atoms with Crippen LogP contribution in [0.2, 0.25) is 0 Å². The Balaban J connectivity index is 2.18. The smallest absolute Gasteiger partial charge is 0.254 e. The van der Waals surface area contributed by atoms with Gasteiger partial charge in [0, 0.05) is 18.2 Å². The molecule has 1 aromatic carbocycles. The Bertz CT molecular complexity index is 464. The average Bonchev–Trinajstić information content (AvgIpc) is 2.73. The first-order valence-corrected chi connectivity index (χ1v) is 5.99. The highest BCUT2D eigenvalue weighted by molar-refractivity contribution is 5.94. The molecule has 2 unspecified atom stereocenters. The van der Waals surface area contributed by atoms with Gasteiger partial charge in [0.1, 0.15) is 0 Å². The second kappa shape index (κ2) is 5.02. The molecule has 1 saturated heterocycles. The van der Waals surface area contributed by atoms with Gasteiger partial charge in [0.25, 0.3) is 5.91 Å². The molecule has 1 aliphatic heterocycles. The predicted octanol–water partition coefficient (Wildman–Crippen LogP) is 1.77. The Labute approximate surface area is 105 Å². The van der Waals surface area contributed by atoms with E-state index in [0.29, 0.717) is 13.1 Å². The van der Waals surface area contributed by atoms with E-state index in [1.54, 1.807) is 4.90 Å². The van der Waals surface area contributed by atoms with Gasteiger partial charge < -0.3 is 10.6 Å². The standard InChI is InChI=1S/C13H16F2N2O/c1-8-4-9(6-16)7-17(8)13(18)10-2-3-11(14)12(15)5-10/h2-3,5,8-9H,4,6-7,16H2,1H3. The highest BCUT2D eigenvalue weighted by Gasteiger charge is 2.32. The number of amides is 1. The number of benzene rings is 1. The van der Waals surface area contributed by atoms with Crippen LogP contribution in [0.3, 0.4) is 0 Å². The topological polar surface area (TPSA) is 46.3 Å². The zero-order valence-corrected chi connectivity index (χ0v) is 10.2. The molecule has 1 aliphatic rings. The summed E-state index contributed by atoms with van der Waals surface area (Å²) in [5.41, 5.74) is 5.77. The normalized spacial score (nSPS) is 23.4. The van der Waals surface area contributed by atoms with Crippen molar-refractivity contribution in [2.75, 3.05) is 13.1 Å². The van der Waals surface area contributed by atoms with Crippen LogP contribution in [0.15, 0.2) is 18.2 Å². The van der Waals surface area contributed by atoms with E-state index in [4.69, 9.17) is 5.73 Å². The monoisotopic (exact) mass is 254 g/mol. The summed E-state index contributed by atoms with van der Waals surface area (Å²) in [4.78, 5) is 13.8. The maximum absolute atomic E-state index is 13.1. The van der Waals surface area contributed by atoms with Crippen molar-refractivity contribution in [1.82, 2.24) is 4.90 Å². The molecule has 1 aromatic rings. The third kappa shape index (κ3) is 2.36. The Kier molecular flexibility index (Phi) is 3.61. The second-order valence-corrected chi connectivity index (χ2v) is 4.77. The molecule has 3 nitrogen and oxygen atoms in total. The van der Waals surface area contributed by atoms with Gasteiger partial charge in [-0.25, -0.2) is 8.78 Å². The lowest BCUT2D eigenvalue weighted by Gasteiger charge is -2.21. The van der Waals surface area contributed by atoms with Crippen molar-refractivity contribution in [2.45, 2.75) is 19.4 Å². The summed E-state index contributed by atoms with van der Waals surface area (Å²) in [7, 11) is 0. The highest BCUT2D eigenvalue weighted by Crippen LogP contribution is 2.24. The van der Waals surface area contributed by atoms with E-state index >= 15 is 0 Å². The van der Waals surface area contributed by atoms with E-state index in [1.165, 1.54) is 6.07 Å². The van der Waals surface area contributed by atoms with Gasteiger partial charge in [-0.1, -0.05) is 0 Å². The van der Waals surface area contributed by atoms with Gasteiger partial charge in [0.2, 0.25) is 0 Å².